The van der Waals surface area contributed by atoms with Gasteiger partial charge in [-0.2, -0.15) is 4.98 Å². The molecule has 7 nitrogen and oxygen atoms in total. The molecule has 0 unspecified atom stereocenters. The molecule has 28 heavy (non-hydrogen) atoms. The second-order valence-electron chi connectivity index (χ2n) is 5.88. The van der Waals surface area contributed by atoms with Crippen LogP contribution in [0.3, 0.4) is 0 Å². The SMILES string of the molecule is CCN(Cc1nc(-c2ccc(OC)c(OC)c2)no1)C(=O)c1ccccc1I. The minimum atomic E-state index is -0.0710. The van der Waals surface area contributed by atoms with Gasteiger partial charge in [0.25, 0.3) is 5.91 Å². The number of nitrogens with zero attached hydrogens (tertiary/aromatic N) is 3. The predicted octanol–water partition coefficient (Wildman–Crippen LogP) is 4.02. The Labute approximate surface area is 176 Å². The summed E-state index contributed by atoms with van der Waals surface area (Å²) < 4.78 is 16.8. The lowest BCUT2D eigenvalue weighted by molar-refractivity contribution is 0.0733. The van der Waals surface area contributed by atoms with Crippen LogP contribution in [0, 0.1) is 3.57 Å². The predicted molar refractivity (Wildman–Crippen MR) is 112 cm³/mol. The largest absolute Gasteiger partial charge is 0.493 e. The molecule has 0 aliphatic carbocycles. The molecule has 0 N–H and O–H groups in total. The molecular formula is C20H20IN3O4. The quantitative estimate of drug-likeness (QED) is 0.463. The van der Waals surface area contributed by atoms with E-state index in [2.05, 4.69) is 32.7 Å². The average molecular weight is 493 g/mol. The summed E-state index contributed by atoms with van der Waals surface area (Å²) in [5.74, 6) is 1.92. The van der Waals surface area contributed by atoms with E-state index in [9.17, 15) is 4.79 Å². The molecule has 1 amide bonds. The molecule has 0 spiro atoms. The van der Waals surface area contributed by atoms with E-state index in [1.54, 1.807) is 31.3 Å². The zero-order valence-corrected chi connectivity index (χ0v) is 18.0. The van der Waals surface area contributed by atoms with Crippen LogP contribution in [0.2, 0.25) is 0 Å². The molecule has 146 valence electrons. The van der Waals surface area contributed by atoms with E-state index in [0.29, 0.717) is 35.3 Å². The smallest absolute Gasteiger partial charge is 0.255 e. The third-order valence-corrected chi connectivity index (χ3v) is 5.15. The molecule has 0 radical (unpaired) electrons. The first-order chi connectivity index (χ1) is 13.6. The van der Waals surface area contributed by atoms with Crippen molar-refractivity contribution in [2.45, 2.75) is 13.5 Å². The highest BCUT2D eigenvalue weighted by molar-refractivity contribution is 14.1. The fraction of sp³-hybridized carbons (Fsp3) is 0.250. The van der Waals surface area contributed by atoms with Crippen molar-refractivity contribution < 1.29 is 18.8 Å². The Balaban J connectivity index is 1.80. The van der Waals surface area contributed by atoms with Crippen molar-refractivity contribution in [2.24, 2.45) is 0 Å². The lowest BCUT2D eigenvalue weighted by Crippen LogP contribution is -2.31. The molecule has 3 aromatic rings. The summed E-state index contributed by atoms with van der Waals surface area (Å²) in [6.45, 7) is 2.68. The van der Waals surface area contributed by atoms with E-state index in [0.717, 1.165) is 9.13 Å². The maximum absolute atomic E-state index is 12.8. The zero-order chi connectivity index (χ0) is 20.1. The number of rotatable bonds is 7. The molecule has 0 fully saturated rings. The van der Waals surface area contributed by atoms with E-state index < -0.39 is 0 Å². The summed E-state index contributed by atoms with van der Waals surface area (Å²) >= 11 is 2.16. The topological polar surface area (TPSA) is 77.7 Å². The molecule has 2 aromatic carbocycles. The number of amides is 1. The third kappa shape index (κ3) is 4.27. The molecule has 8 heteroatoms. The highest BCUT2D eigenvalue weighted by atomic mass is 127. The maximum atomic E-state index is 12.8. The Morgan fingerprint density at radius 1 is 1.14 bits per heavy atom. The number of hydrogen-bond acceptors (Lipinski definition) is 6. The third-order valence-electron chi connectivity index (χ3n) is 4.21. The number of ether oxygens (including phenoxy) is 2. The van der Waals surface area contributed by atoms with Crippen LogP contribution in [0.4, 0.5) is 0 Å². The zero-order valence-electron chi connectivity index (χ0n) is 15.8. The lowest BCUT2D eigenvalue weighted by atomic mass is 10.2. The van der Waals surface area contributed by atoms with Crippen LogP contribution >= 0.6 is 22.6 Å². The van der Waals surface area contributed by atoms with Gasteiger partial charge in [-0.15, -0.1) is 0 Å². The van der Waals surface area contributed by atoms with Gasteiger partial charge >= 0.3 is 0 Å². The van der Waals surface area contributed by atoms with E-state index in [4.69, 9.17) is 14.0 Å². The number of aromatic nitrogens is 2. The van der Waals surface area contributed by atoms with Crippen molar-refractivity contribution in [1.82, 2.24) is 15.0 Å². The first kappa shape index (κ1) is 20.1. The van der Waals surface area contributed by atoms with E-state index in [1.165, 1.54) is 0 Å². The normalized spacial score (nSPS) is 10.6. The molecule has 0 atom stereocenters. The van der Waals surface area contributed by atoms with Gasteiger partial charge in [0.2, 0.25) is 11.7 Å². The highest BCUT2D eigenvalue weighted by Crippen LogP contribution is 2.31. The van der Waals surface area contributed by atoms with Gasteiger partial charge in [0.05, 0.1) is 19.8 Å². The molecular weight excluding hydrogens is 473 g/mol. The van der Waals surface area contributed by atoms with Crippen LogP contribution in [0.1, 0.15) is 23.2 Å². The number of carbonyl (C=O) groups excluding carboxylic acids is 1. The first-order valence-electron chi connectivity index (χ1n) is 8.66. The Morgan fingerprint density at radius 3 is 2.57 bits per heavy atom. The van der Waals surface area contributed by atoms with Crippen molar-refractivity contribution in [3.05, 3.63) is 57.5 Å². The van der Waals surface area contributed by atoms with Gasteiger partial charge in [0, 0.05) is 15.7 Å². The standard InChI is InChI=1S/C20H20IN3O4/c1-4-24(20(25)14-7-5-6-8-15(14)21)12-18-22-19(23-28-18)13-9-10-16(26-2)17(11-13)27-3/h5-11H,4,12H2,1-3H3. The Morgan fingerprint density at radius 2 is 1.89 bits per heavy atom. The van der Waals surface area contributed by atoms with Crippen LogP contribution in [0.25, 0.3) is 11.4 Å². The number of hydrogen-bond donors (Lipinski definition) is 0. The summed E-state index contributed by atoms with van der Waals surface area (Å²) in [4.78, 5) is 18.9. The van der Waals surface area contributed by atoms with Crippen molar-refractivity contribution in [2.75, 3.05) is 20.8 Å². The van der Waals surface area contributed by atoms with Gasteiger partial charge in [0.15, 0.2) is 11.5 Å². The van der Waals surface area contributed by atoms with Crippen molar-refractivity contribution in [3.63, 3.8) is 0 Å². The number of methoxy groups -OCH3 is 2. The van der Waals surface area contributed by atoms with Crippen molar-refractivity contribution in [3.8, 4) is 22.9 Å². The number of halogens is 1. The molecule has 1 aromatic heterocycles. The summed E-state index contributed by atoms with van der Waals surface area (Å²) in [6, 6.07) is 12.9. The second kappa shape index (κ2) is 9.05. The summed E-state index contributed by atoms with van der Waals surface area (Å²) in [6.07, 6.45) is 0. The first-order valence-corrected chi connectivity index (χ1v) is 9.74. The van der Waals surface area contributed by atoms with Gasteiger partial charge < -0.3 is 18.9 Å². The fourth-order valence-electron chi connectivity index (χ4n) is 2.71. The molecule has 3 rings (SSSR count). The van der Waals surface area contributed by atoms with E-state index in [1.807, 2.05) is 37.3 Å². The molecule has 0 bridgehead atoms. The van der Waals surface area contributed by atoms with E-state index in [-0.39, 0.29) is 12.5 Å². The summed E-state index contributed by atoms with van der Waals surface area (Å²) in [5.41, 5.74) is 1.39. The van der Waals surface area contributed by atoms with Crippen molar-refractivity contribution in [1.29, 1.82) is 0 Å². The maximum Gasteiger partial charge on any atom is 0.255 e. The Bertz CT molecular complexity index is 974. The molecule has 0 aliphatic heterocycles. The molecule has 1 heterocycles. The van der Waals surface area contributed by atoms with Gasteiger partial charge in [-0.25, -0.2) is 0 Å². The molecule has 0 aliphatic rings. The van der Waals surface area contributed by atoms with Gasteiger partial charge in [-0.3, -0.25) is 4.79 Å². The minimum absolute atomic E-state index is 0.0710. The van der Waals surface area contributed by atoms with Crippen LogP contribution in [-0.2, 0) is 6.54 Å². The fourth-order valence-corrected chi connectivity index (χ4v) is 3.33. The average Bonchev–Trinajstić information content (AvgIpc) is 3.20. The second-order valence-corrected chi connectivity index (χ2v) is 7.04. The number of carbonyl (C=O) groups is 1. The lowest BCUT2D eigenvalue weighted by Gasteiger charge is -2.19. The monoisotopic (exact) mass is 493 g/mol. The molecule has 0 saturated heterocycles. The Hall–Kier alpha value is -2.62. The van der Waals surface area contributed by atoms with E-state index >= 15 is 0 Å². The van der Waals surface area contributed by atoms with Crippen LogP contribution in [0.15, 0.2) is 47.0 Å². The van der Waals surface area contributed by atoms with Gasteiger partial charge in [0.1, 0.15) is 6.54 Å². The highest BCUT2D eigenvalue weighted by Gasteiger charge is 2.20. The van der Waals surface area contributed by atoms with Crippen LogP contribution in [0.5, 0.6) is 11.5 Å². The Kier molecular flexibility index (Phi) is 6.50. The number of benzene rings is 2. The minimum Gasteiger partial charge on any atom is -0.493 e. The van der Waals surface area contributed by atoms with Gasteiger partial charge in [-0.1, -0.05) is 17.3 Å². The molecule has 0 saturated carbocycles. The van der Waals surface area contributed by atoms with Crippen molar-refractivity contribution >= 4 is 28.5 Å². The summed E-state index contributed by atoms with van der Waals surface area (Å²) in [7, 11) is 3.15. The van der Waals surface area contributed by atoms with Gasteiger partial charge in [-0.05, 0) is 59.8 Å². The summed E-state index contributed by atoms with van der Waals surface area (Å²) in [5, 5.41) is 4.03. The van der Waals surface area contributed by atoms with Crippen LogP contribution < -0.4 is 9.47 Å². The van der Waals surface area contributed by atoms with Crippen LogP contribution in [-0.4, -0.2) is 41.7 Å².